The van der Waals surface area contributed by atoms with Crippen LogP contribution in [0.25, 0.3) is 5.76 Å². The summed E-state index contributed by atoms with van der Waals surface area (Å²) in [4.78, 5) is 11.0. The predicted octanol–water partition coefficient (Wildman–Crippen LogP) is 2.87. The second-order valence-electron chi connectivity index (χ2n) is 3.31. The van der Waals surface area contributed by atoms with Crippen molar-refractivity contribution in [2.24, 2.45) is 0 Å². The molecule has 0 amide bonds. The molecule has 0 unspecified atom stereocenters. The molecule has 0 atom stereocenters. The zero-order valence-electron chi connectivity index (χ0n) is 9.75. The fourth-order valence-corrected chi connectivity index (χ4v) is 1.25. The van der Waals surface area contributed by atoms with Gasteiger partial charge in [0.15, 0.2) is 0 Å². The summed E-state index contributed by atoms with van der Waals surface area (Å²) in [6.07, 6.45) is -3.33. The Morgan fingerprint density at radius 3 is 2.06 bits per heavy atom. The van der Waals surface area contributed by atoms with E-state index in [1.54, 1.807) is 0 Å². The number of hydrogen-bond donors (Lipinski definition) is 0. The highest BCUT2D eigenvalue weighted by Gasteiger charge is 2.30. The average molecular weight is 260 g/mol. The lowest BCUT2D eigenvalue weighted by atomic mass is 10.1. The molecule has 0 aromatic heterocycles. The van der Waals surface area contributed by atoms with Crippen LogP contribution in [0.1, 0.15) is 11.1 Å². The Morgan fingerprint density at radius 1 is 1.11 bits per heavy atom. The van der Waals surface area contributed by atoms with Crippen molar-refractivity contribution < 1.29 is 27.4 Å². The lowest BCUT2D eigenvalue weighted by Crippen LogP contribution is -2.05. The van der Waals surface area contributed by atoms with Gasteiger partial charge in [0.1, 0.15) is 5.76 Å². The van der Waals surface area contributed by atoms with Crippen molar-refractivity contribution in [3.8, 4) is 0 Å². The standard InChI is InChI=1S/C12H11F3O3/c1-17-10(7-11(16)18-2)8-3-5-9(6-4-8)12(13,14)15/h3-7H,1-2H3/b10-7+. The Morgan fingerprint density at radius 2 is 1.67 bits per heavy atom. The lowest BCUT2D eigenvalue weighted by molar-refractivity contribution is -0.137. The summed E-state index contributed by atoms with van der Waals surface area (Å²) in [5.74, 6) is -0.512. The summed E-state index contributed by atoms with van der Waals surface area (Å²) < 4.78 is 46.4. The highest BCUT2D eigenvalue weighted by Crippen LogP contribution is 2.30. The zero-order chi connectivity index (χ0) is 13.8. The Balaban J connectivity index is 3.03. The minimum atomic E-state index is -4.39. The van der Waals surface area contributed by atoms with Gasteiger partial charge in [0.2, 0.25) is 0 Å². The number of alkyl halides is 3. The van der Waals surface area contributed by atoms with Crippen molar-refractivity contribution in [1.29, 1.82) is 0 Å². The quantitative estimate of drug-likeness (QED) is 0.476. The second kappa shape index (κ2) is 5.57. The first-order valence-corrected chi connectivity index (χ1v) is 4.89. The van der Waals surface area contributed by atoms with Gasteiger partial charge >= 0.3 is 12.1 Å². The van der Waals surface area contributed by atoms with E-state index in [2.05, 4.69) is 4.74 Å². The fourth-order valence-electron chi connectivity index (χ4n) is 1.25. The van der Waals surface area contributed by atoms with E-state index in [4.69, 9.17) is 4.74 Å². The normalized spacial score (nSPS) is 12.2. The molecule has 0 bridgehead atoms. The number of hydrogen-bond acceptors (Lipinski definition) is 3. The van der Waals surface area contributed by atoms with Gasteiger partial charge in [0, 0.05) is 5.56 Å². The average Bonchev–Trinajstić information content (AvgIpc) is 2.34. The van der Waals surface area contributed by atoms with Crippen LogP contribution in [0.2, 0.25) is 0 Å². The van der Waals surface area contributed by atoms with Gasteiger partial charge in [-0.2, -0.15) is 13.2 Å². The molecular weight excluding hydrogens is 249 g/mol. The van der Waals surface area contributed by atoms with Crippen LogP contribution in [-0.4, -0.2) is 20.2 Å². The summed E-state index contributed by atoms with van der Waals surface area (Å²) in [5.41, 5.74) is -0.407. The van der Waals surface area contributed by atoms with Gasteiger partial charge in [-0.25, -0.2) is 4.79 Å². The number of esters is 1. The maximum atomic E-state index is 12.3. The van der Waals surface area contributed by atoms with Gasteiger partial charge in [0.25, 0.3) is 0 Å². The van der Waals surface area contributed by atoms with Crippen LogP contribution in [0.4, 0.5) is 13.2 Å². The fraction of sp³-hybridized carbons (Fsp3) is 0.250. The number of rotatable bonds is 3. The molecule has 18 heavy (non-hydrogen) atoms. The number of methoxy groups -OCH3 is 2. The monoisotopic (exact) mass is 260 g/mol. The molecule has 0 radical (unpaired) electrons. The van der Waals surface area contributed by atoms with E-state index in [9.17, 15) is 18.0 Å². The number of carbonyl (C=O) groups is 1. The predicted molar refractivity (Wildman–Crippen MR) is 58.4 cm³/mol. The lowest BCUT2D eigenvalue weighted by Gasteiger charge is -2.09. The Hall–Kier alpha value is -1.98. The van der Waals surface area contributed by atoms with Crippen molar-refractivity contribution in [3.05, 3.63) is 41.5 Å². The van der Waals surface area contributed by atoms with E-state index in [0.717, 1.165) is 18.2 Å². The van der Waals surface area contributed by atoms with Gasteiger partial charge < -0.3 is 9.47 Å². The molecule has 0 N–H and O–H groups in total. The summed E-state index contributed by atoms with van der Waals surface area (Å²) in [6, 6.07) is 4.28. The molecule has 0 aliphatic carbocycles. The Bertz CT molecular complexity index is 447. The molecule has 1 aromatic carbocycles. The highest BCUT2D eigenvalue weighted by atomic mass is 19.4. The van der Waals surface area contributed by atoms with E-state index in [0.29, 0.717) is 5.56 Å². The molecule has 1 rings (SSSR count). The maximum Gasteiger partial charge on any atom is 0.416 e. The Labute approximate surface area is 102 Å². The summed E-state index contributed by atoms with van der Waals surface area (Å²) >= 11 is 0. The van der Waals surface area contributed by atoms with E-state index in [1.807, 2.05) is 0 Å². The van der Waals surface area contributed by atoms with Crippen LogP contribution >= 0.6 is 0 Å². The van der Waals surface area contributed by atoms with Crippen LogP contribution in [0.5, 0.6) is 0 Å². The van der Waals surface area contributed by atoms with Gasteiger partial charge in [0.05, 0.1) is 25.9 Å². The second-order valence-corrected chi connectivity index (χ2v) is 3.31. The molecule has 0 fully saturated rings. The first-order chi connectivity index (χ1) is 8.38. The topological polar surface area (TPSA) is 35.5 Å². The molecule has 0 saturated heterocycles. The number of benzene rings is 1. The first kappa shape index (κ1) is 14.1. The number of carbonyl (C=O) groups excluding carboxylic acids is 1. The SMILES string of the molecule is COC(=O)/C=C(/OC)c1ccc(C(F)(F)F)cc1. The summed E-state index contributed by atoms with van der Waals surface area (Å²) in [6.45, 7) is 0. The van der Waals surface area contributed by atoms with Gasteiger partial charge in [-0.3, -0.25) is 0 Å². The third-order valence-electron chi connectivity index (χ3n) is 2.17. The van der Waals surface area contributed by atoms with Crippen molar-refractivity contribution in [1.82, 2.24) is 0 Å². The molecular formula is C12H11F3O3. The van der Waals surface area contributed by atoms with E-state index < -0.39 is 17.7 Å². The molecule has 0 spiro atoms. The molecule has 1 aromatic rings. The van der Waals surface area contributed by atoms with Crippen molar-refractivity contribution in [2.45, 2.75) is 6.18 Å². The third kappa shape index (κ3) is 3.51. The van der Waals surface area contributed by atoms with Crippen LogP contribution in [0.3, 0.4) is 0 Å². The molecule has 0 saturated carbocycles. The summed E-state index contributed by atoms with van der Waals surface area (Å²) in [7, 11) is 2.51. The van der Waals surface area contributed by atoms with Crippen LogP contribution in [0, 0.1) is 0 Å². The number of ether oxygens (including phenoxy) is 2. The van der Waals surface area contributed by atoms with E-state index in [1.165, 1.54) is 26.4 Å². The van der Waals surface area contributed by atoms with Crippen LogP contribution < -0.4 is 0 Å². The van der Waals surface area contributed by atoms with Crippen molar-refractivity contribution in [2.75, 3.05) is 14.2 Å². The van der Waals surface area contributed by atoms with Crippen molar-refractivity contribution in [3.63, 3.8) is 0 Å². The van der Waals surface area contributed by atoms with Crippen LogP contribution in [-0.2, 0) is 20.4 Å². The molecule has 0 aliphatic rings. The molecule has 6 heteroatoms. The smallest absolute Gasteiger partial charge is 0.416 e. The van der Waals surface area contributed by atoms with Gasteiger partial charge in [-0.15, -0.1) is 0 Å². The first-order valence-electron chi connectivity index (χ1n) is 4.89. The van der Waals surface area contributed by atoms with E-state index in [-0.39, 0.29) is 5.76 Å². The minimum absolute atomic E-state index is 0.135. The maximum absolute atomic E-state index is 12.3. The molecule has 0 heterocycles. The summed E-state index contributed by atoms with van der Waals surface area (Å²) in [5, 5.41) is 0. The van der Waals surface area contributed by atoms with Crippen LogP contribution in [0.15, 0.2) is 30.3 Å². The third-order valence-corrected chi connectivity index (χ3v) is 2.17. The minimum Gasteiger partial charge on any atom is -0.496 e. The molecule has 98 valence electrons. The largest absolute Gasteiger partial charge is 0.496 e. The number of halogens is 3. The van der Waals surface area contributed by atoms with E-state index >= 15 is 0 Å². The zero-order valence-corrected chi connectivity index (χ0v) is 9.75. The van der Waals surface area contributed by atoms with Gasteiger partial charge in [-0.1, -0.05) is 12.1 Å². The highest BCUT2D eigenvalue weighted by molar-refractivity contribution is 5.89. The Kier molecular flexibility index (Phi) is 4.36. The molecule has 3 nitrogen and oxygen atoms in total. The van der Waals surface area contributed by atoms with Crippen molar-refractivity contribution >= 4 is 11.7 Å². The molecule has 0 aliphatic heterocycles. The van der Waals surface area contributed by atoms with Gasteiger partial charge in [-0.05, 0) is 12.1 Å².